The van der Waals surface area contributed by atoms with Gasteiger partial charge in [0.1, 0.15) is 0 Å². The molecular weight excluding hydrogens is 197 g/mol. The third kappa shape index (κ3) is 2.40. The second-order valence-electron chi connectivity index (χ2n) is 2.49. The predicted molar refractivity (Wildman–Crippen MR) is 45.2 cm³/mol. The van der Waals surface area contributed by atoms with E-state index in [1.54, 1.807) is 6.07 Å². The topological polar surface area (TPSA) is 52.2 Å². The molecule has 0 aliphatic carbocycles. The van der Waals surface area contributed by atoms with Crippen LogP contribution in [-0.4, -0.2) is 11.7 Å². The minimum Gasteiger partial charge on any atom is -0.872 e. The van der Waals surface area contributed by atoms with Crippen molar-refractivity contribution in [2.45, 2.75) is 4.90 Å². The van der Waals surface area contributed by atoms with E-state index in [0.29, 0.717) is 11.4 Å². The van der Waals surface area contributed by atoms with Crippen LogP contribution in [0.2, 0.25) is 0 Å². The largest absolute Gasteiger partial charge is 1.00 e. The fraction of sp³-hybridized carbons (Fsp3) is 0.125. The third-order valence-electron chi connectivity index (χ3n) is 1.58. The summed E-state index contributed by atoms with van der Waals surface area (Å²) in [5.41, 5.74) is 0.642. The molecule has 2 rings (SSSR count). The van der Waals surface area contributed by atoms with E-state index in [-0.39, 0.29) is 41.2 Å². The molecule has 0 saturated carbocycles. The van der Waals surface area contributed by atoms with Crippen LogP contribution < -0.4 is 40.0 Å². The maximum Gasteiger partial charge on any atom is 1.00 e. The van der Waals surface area contributed by atoms with Crippen molar-refractivity contribution in [1.29, 1.82) is 0 Å². The van der Waals surface area contributed by atoms with Gasteiger partial charge in [-0.1, -0.05) is 6.07 Å². The molecule has 13 heavy (non-hydrogen) atoms. The number of thioether (sulfide) groups is 1. The van der Waals surface area contributed by atoms with Crippen molar-refractivity contribution in [2.75, 3.05) is 11.1 Å². The Hall–Kier alpha value is -0.160. The molecule has 1 heterocycles. The Bertz CT molecular complexity index is 343. The molecule has 1 aliphatic rings. The predicted octanol–water partition coefficient (Wildman–Crippen LogP) is -2.19. The number of anilines is 1. The molecule has 1 amide bonds. The summed E-state index contributed by atoms with van der Waals surface area (Å²) in [6, 6.07) is 4.68. The van der Waals surface area contributed by atoms with Crippen LogP contribution in [-0.2, 0) is 4.79 Å². The zero-order valence-electron chi connectivity index (χ0n) is 7.16. The quantitative estimate of drug-likeness (QED) is 0.487. The van der Waals surface area contributed by atoms with Gasteiger partial charge < -0.3 is 10.4 Å². The minimum atomic E-state index is -0.0726. The Morgan fingerprint density at radius 2 is 2.23 bits per heavy atom. The second kappa shape index (κ2) is 4.37. The maximum absolute atomic E-state index is 10.9. The van der Waals surface area contributed by atoms with Gasteiger partial charge in [0.15, 0.2) is 0 Å². The van der Waals surface area contributed by atoms with Crippen molar-refractivity contribution < 1.29 is 39.5 Å². The fourth-order valence-corrected chi connectivity index (χ4v) is 1.85. The smallest absolute Gasteiger partial charge is 0.872 e. The van der Waals surface area contributed by atoms with Gasteiger partial charge in [-0.2, -0.15) is 0 Å². The van der Waals surface area contributed by atoms with Gasteiger partial charge in [0.05, 0.1) is 11.4 Å². The third-order valence-corrected chi connectivity index (χ3v) is 2.66. The molecule has 1 aliphatic heterocycles. The van der Waals surface area contributed by atoms with Crippen LogP contribution in [0.25, 0.3) is 0 Å². The van der Waals surface area contributed by atoms with Gasteiger partial charge in [-0.3, -0.25) is 4.79 Å². The molecule has 1 N–H and O–H groups in total. The number of amides is 1. The first-order chi connectivity index (χ1) is 5.75. The molecule has 62 valence electrons. The van der Waals surface area contributed by atoms with Crippen molar-refractivity contribution in [1.82, 2.24) is 0 Å². The molecule has 0 aromatic heterocycles. The van der Waals surface area contributed by atoms with Crippen LogP contribution in [0.5, 0.6) is 5.75 Å². The Kier molecular flexibility index (Phi) is 3.67. The van der Waals surface area contributed by atoms with E-state index in [2.05, 4.69) is 5.32 Å². The standard InChI is InChI=1S/C8H7NO2S.Na/c10-5-1-2-7-6(3-5)9-8(11)4-12-7;/h1-3,10H,4H2,(H,9,11);/q;+1/p-1. The number of carbonyl (C=O) groups is 1. The van der Waals surface area contributed by atoms with E-state index in [1.165, 1.54) is 23.9 Å². The summed E-state index contributed by atoms with van der Waals surface area (Å²) in [6.45, 7) is 0. The van der Waals surface area contributed by atoms with Crippen LogP contribution in [0.15, 0.2) is 23.1 Å². The van der Waals surface area contributed by atoms with Crippen LogP contribution in [0.1, 0.15) is 0 Å². The first-order valence-electron chi connectivity index (χ1n) is 3.49. The summed E-state index contributed by atoms with van der Waals surface area (Å²) in [7, 11) is 0. The van der Waals surface area contributed by atoms with E-state index < -0.39 is 0 Å². The number of benzene rings is 1. The van der Waals surface area contributed by atoms with Crippen molar-refractivity contribution in [2.24, 2.45) is 0 Å². The first-order valence-corrected chi connectivity index (χ1v) is 4.48. The second-order valence-corrected chi connectivity index (χ2v) is 3.51. The van der Waals surface area contributed by atoms with Gasteiger partial charge in [0.2, 0.25) is 5.91 Å². The summed E-state index contributed by atoms with van der Waals surface area (Å²) >= 11 is 1.45. The number of hydrogen-bond acceptors (Lipinski definition) is 3. The molecule has 0 radical (unpaired) electrons. The zero-order chi connectivity index (χ0) is 8.55. The van der Waals surface area contributed by atoms with Crippen LogP contribution in [0.4, 0.5) is 5.69 Å². The van der Waals surface area contributed by atoms with Gasteiger partial charge in [0.25, 0.3) is 0 Å². The van der Waals surface area contributed by atoms with Gasteiger partial charge in [-0.05, 0) is 12.1 Å². The Morgan fingerprint density at radius 3 is 3.00 bits per heavy atom. The SMILES string of the molecule is O=C1CSc2ccc([O-])cc2N1.[Na+]. The van der Waals surface area contributed by atoms with E-state index in [0.717, 1.165) is 4.90 Å². The molecule has 1 aromatic rings. The average Bonchev–Trinajstić information content (AvgIpc) is 2.03. The van der Waals surface area contributed by atoms with Crippen molar-refractivity contribution in [3.8, 4) is 5.75 Å². The van der Waals surface area contributed by atoms with E-state index >= 15 is 0 Å². The maximum atomic E-state index is 10.9. The number of rotatable bonds is 0. The van der Waals surface area contributed by atoms with Crippen molar-refractivity contribution in [3.63, 3.8) is 0 Å². The van der Waals surface area contributed by atoms with Gasteiger partial charge in [0, 0.05) is 4.90 Å². The molecule has 3 nitrogen and oxygen atoms in total. The molecule has 5 heteroatoms. The van der Waals surface area contributed by atoms with Gasteiger partial charge in [-0.25, -0.2) is 0 Å². The molecule has 0 fully saturated rings. The normalized spacial score (nSPS) is 14.0. The van der Waals surface area contributed by atoms with E-state index in [4.69, 9.17) is 0 Å². The van der Waals surface area contributed by atoms with Crippen molar-refractivity contribution >= 4 is 23.4 Å². The number of hydrogen-bond donors (Lipinski definition) is 1. The van der Waals surface area contributed by atoms with Crippen molar-refractivity contribution in [3.05, 3.63) is 18.2 Å². The molecular formula is C8H6NNaO2S. The van der Waals surface area contributed by atoms with Crippen LogP contribution in [0.3, 0.4) is 0 Å². The summed E-state index contributed by atoms with van der Waals surface area (Å²) in [4.78, 5) is 11.9. The zero-order valence-corrected chi connectivity index (χ0v) is 9.98. The molecule has 0 spiro atoms. The van der Waals surface area contributed by atoms with Crippen LogP contribution >= 0.6 is 11.8 Å². The van der Waals surface area contributed by atoms with Gasteiger partial charge in [-0.15, -0.1) is 17.5 Å². The summed E-state index contributed by atoms with van der Waals surface area (Å²) in [5, 5.41) is 13.5. The molecule has 0 atom stereocenters. The summed E-state index contributed by atoms with van der Waals surface area (Å²) < 4.78 is 0. The monoisotopic (exact) mass is 203 g/mol. The molecule has 0 unspecified atom stereocenters. The van der Waals surface area contributed by atoms with Gasteiger partial charge >= 0.3 is 29.6 Å². The number of carbonyl (C=O) groups excluding carboxylic acids is 1. The average molecular weight is 203 g/mol. The van der Waals surface area contributed by atoms with E-state index in [1.807, 2.05) is 0 Å². The number of nitrogens with one attached hydrogen (secondary N) is 1. The number of fused-ring (bicyclic) bond motifs is 1. The molecule has 1 aromatic carbocycles. The summed E-state index contributed by atoms with van der Waals surface area (Å²) in [6.07, 6.45) is 0. The van der Waals surface area contributed by atoms with E-state index in [9.17, 15) is 9.90 Å². The minimum absolute atomic E-state index is 0. The van der Waals surface area contributed by atoms with Crippen LogP contribution in [0, 0.1) is 0 Å². The Morgan fingerprint density at radius 1 is 1.46 bits per heavy atom. The first kappa shape index (κ1) is 10.9. The Labute approximate surface area is 102 Å². The molecule has 0 saturated heterocycles. The Balaban J connectivity index is 0.000000845. The fourth-order valence-electron chi connectivity index (χ4n) is 1.06. The summed E-state index contributed by atoms with van der Waals surface area (Å²) in [5.74, 6) is 0.320. The molecule has 0 bridgehead atoms.